The maximum atomic E-state index is 9.47. The molecule has 0 saturated heterocycles. The average molecular weight is 202 g/mol. The second-order valence-electron chi connectivity index (χ2n) is 4.29. The lowest BCUT2D eigenvalue weighted by molar-refractivity contribution is 0.134. The van der Waals surface area contributed by atoms with Crippen molar-refractivity contribution in [2.45, 2.75) is 32.7 Å². The molecule has 1 aromatic rings. The van der Waals surface area contributed by atoms with Crippen molar-refractivity contribution in [1.29, 1.82) is 0 Å². The third kappa shape index (κ3) is 2.59. The van der Waals surface area contributed by atoms with Gasteiger partial charge < -0.3 is 9.84 Å². The quantitative estimate of drug-likeness (QED) is 0.650. The Morgan fingerprint density at radius 2 is 2.00 bits per heavy atom. The number of hydrogen-bond donors (Lipinski definition) is 1. The Balaban J connectivity index is 2.27. The first-order valence-electron chi connectivity index (χ1n) is 5.00. The molecule has 0 fully saturated rings. The molecule has 0 amide bonds. The van der Waals surface area contributed by atoms with E-state index in [-0.39, 0.29) is 0 Å². The molecule has 0 atom stereocenters. The summed E-state index contributed by atoms with van der Waals surface area (Å²) in [5.74, 6) is 5.75. The third-order valence-corrected chi connectivity index (χ3v) is 2.23. The van der Waals surface area contributed by atoms with Crippen LogP contribution in [0.4, 0.5) is 0 Å². The van der Waals surface area contributed by atoms with E-state index >= 15 is 0 Å². The molecule has 2 nitrogen and oxygen atoms in total. The van der Waals surface area contributed by atoms with Gasteiger partial charge in [0.2, 0.25) is 0 Å². The minimum absolute atomic E-state index is 0.674. The molecular weight excluding hydrogens is 188 g/mol. The Labute approximate surface area is 89.9 Å². The van der Waals surface area contributed by atoms with Crippen molar-refractivity contribution in [3.63, 3.8) is 0 Å². The van der Waals surface area contributed by atoms with E-state index in [0.29, 0.717) is 13.2 Å². The topological polar surface area (TPSA) is 29.5 Å². The molecule has 0 radical (unpaired) electrons. The van der Waals surface area contributed by atoms with Crippen LogP contribution in [0.5, 0.6) is 0 Å². The largest absolute Gasteiger partial charge is 0.378 e. The highest BCUT2D eigenvalue weighted by Gasteiger charge is 2.11. The summed E-state index contributed by atoms with van der Waals surface area (Å²) >= 11 is 0. The van der Waals surface area contributed by atoms with Crippen LogP contribution < -0.4 is 0 Å². The van der Waals surface area contributed by atoms with Gasteiger partial charge in [0.25, 0.3) is 0 Å². The smallest absolute Gasteiger partial charge is 0.120 e. The van der Waals surface area contributed by atoms with E-state index in [1.807, 2.05) is 18.2 Å². The zero-order chi connectivity index (χ0) is 10.9. The monoisotopic (exact) mass is 202 g/mol. The van der Waals surface area contributed by atoms with E-state index in [2.05, 4.69) is 11.8 Å². The summed E-state index contributed by atoms with van der Waals surface area (Å²) in [6.45, 7) is 4.73. The summed E-state index contributed by atoms with van der Waals surface area (Å²) in [6, 6.07) is 6.03. The van der Waals surface area contributed by atoms with Crippen molar-refractivity contribution < 1.29 is 9.84 Å². The van der Waals surface area contributed by atoms with Crippen molar-refractivity contribution in [3.8, 4) is 11.8 Å². The van der Waals surface area contributed by atoms with Crippen LogP contribution in [-0.2, 0) is 18.0 Å². The molecule has 1 N–H and O–H groups in total. The Bertz CT molecular complexity index is 430. The van der Waals surface area contributed by atoms with Gasteiger partial charge in [-0.25, -0.2) is 0 Å². The second kappa shape index (κ2) is 3.69. The number of rotatable bonds is 0. The Kier molecular flexibility index (Phi) is 2.52. The van der Waals surface area contributed by atoms with Gasteiger partial charge in [0, 0.05) is 5.56 Å². The molecule has 1 aliphatic heterocycles. The summed E-state index contributed by atoms with van der Waals surface area (Å²) in [7, 11) is 0. The van der Waals surface area contributed by atoms with Crippen LogP contribution in [0, 0.1) is 11.8 Å². The molecule has 0 unspecified atom stereocenters. The van der Waals surface area contributed by atoms with E-state index in [1.54, 1.807) is 13.8 Å². The van der Waals surface area contributed by atoms with Gasteiger partial charge in [0.1, 0.15) is 5.60 Å². The van der Waals surface area contributed by atoms with E-state index in [9.17, 15) is 5.11 Å². The number of aliphatic hydroxyl groups is 1. The highest BCUT2D eigenvalue weighted by molar-refractivity contribution is 5.42. The first kappa shape index (κ1) is 10.2. The van der Waals surface area contributed by atoms with Crippen LogP contribution in [0.25, 0.3) is 0 Å². The van der Waals surface area contributed by atoms with E-state index in [1.165, 1.54) is 11.1 Å². The zero-order valence-electron chi connectivity index (χ0n) is 9.00. The molecule has 15 heavy (non-hydrogen) atoms. The van der Waals surface area contributed by atoms with Crippen molar-refractivity contribution in [2.75, 3.05) is 0 Å². The number of fused-ring (bicyclic) bond motifs is 1. The second-order valence-corrected chi connectivity index (χ2v) is 4.29. The summed E-state index contributed by atoms with van der Waals surface area (Å²) in [5, 5.41) is 9.47. The van der Waals surface area contributed by atoms with Crippen LogP contribution >= 0.6 is 0 Å². The standard InChI is InChI=1S/C13H14O2/c1-13(2,14)6-5-10-3-4-11-8-15-9-12(11)7-10/h3-4,7,14H,8-9H2,1-2H3. The molecule has 2 heteroatoms. The Hall–Kier alpha value is -1.30. The SMILES string of the molecule is CC(C)(O)C#Cc1ccc2c(c1)COC2. The minimum atomic E-state index is -0.935. The number of ether oxygens (including phenoxy) is 1. The molecule has 1 aromatic carbocycles. The predicted molar refractivity (Wildman–Crippen MR) is 58.1 cm³/mol. The van der Waals surface area contributed by atoms with Crippen LogP contribution in [0.1, 0.15) is 30.5 Å². The number of hydrogen-bond acceptors (Lipinski definition) is 2. The van der Waals surface area contributed by atoms with Gasteiger partial charge >= 0.3 is 0 Å². The highest BCUT2D eigenvalue weighted by Crippen LogP contribution is 2.20. The van der Waals surface area contributed by atoms with Gasteiger partial charge in [0.15, 0.2) is 0 Å². The predicted octanol–water partition coefficient (Wildman–Crippen LogP) is 1.84. The fourth-order valence-electron chi connectivity index (χ4n) is 1.47. The lowest BCUT2D eigenvalue weighted by Crippen LogP contribution is -2.14. The summed E-state index contributed by atoms with van der Waals surface area (Å²) in [4.78, 5) is 0. The van der Waals surface area contributed by atoms with Gasteiger partial charge in [-0.1, -0.05) is 17.9 Å². The molecule has 1 aliphatic rings. The molecule has 0 saturated carbocycles. The minimum Gasteiger partial charge on any atom is -0.378 e. The first-order chi connectivity index (χ1) is 7.04. The average Bonchev–Trinajstić information content (AvgIpc) is 2.60. The molecule has 0 spiro atoms. The van der Waals surface area contributed by atoms with Gasteiger partial charge in [-0.2, -0.15) is 0 Å². The van der Waals surface area contributed by atoms with Crippen LogP contribution in [0.2, 0.25) is 0 Å². The molecule has 78 valence electrons. The van der Waals surface area contributed by atoms with Crippen LogP contribution in [-0.4, -0.2) is 10.7 Å². The van der Waals surface area contributed by atoms with Gasteiger partial charge in [-0.15, -0.1) is 0 Å². The fraction of sp³-hybridized carbons (Fsp3) is 0.385. The fourth-order valence-corrected chi connectivity index (χ4v) is 1.47. The summed E-state index contributed by atoms with van der Waals surface area (Å²) in [6.07, 6.45) is 0. The number of benzene rings is 1. The Morgan fingerprint density at radius 3 is 2.73 bits per heavy atom. The summed E-state index contributed by atoms with van der Waals surface area (Å²) < 4.78 is 5.32. The Morgan fingerprint density at radius 1 is 1.27 bits per heavy atom. The van der Waals surface area contributed by atoms with Gasteiger partial charge in [-0.05, 0) is 37.1 Å². The van der Waals surface area contributed by atoms with Crippen molar-refractivity contribution >= 4 is 0 Å². The summed E-state index contributed by atoms with van der Waals surface area (Å²) in [5.41, 5.74) is 2.44. The van der Waals surface area contributed by atoms with Crippen molar-refractivity contribution in [3.05, 3.63) is 34.9 Å². The lowest BCUT2D eigenvalue weighted by Gasteiger charge is -2.06. The zero-order valence-corrected chi connectivity index (χ0v) is 9.00. The lowest BCUT2D eigenvalue weighted by atomic mass is 10.1. The maximum Gasteiger partial charge on any atom is 0.120 e. The maximum absolute atomic E-state index is 9.47. The molecule has 2 rings (SSSR count). The van der Waals surface area contributed by atoms with Gasteiger partial charge in [0.05, 0.1) is 13.2 Å². The third-order valence-electron chi connectivity index (χ3n) is 2.23. The highest BCUT2D eigenvalue weighted by atomic mass is 16.5. The molecule has 0 aromatic heterocycles. The van der Waals surface area contributed by atoms with E-state index < -0.39 is 5.60 Å². The van der Waals surface area contributed by atoms with Crippen LogP contribution in [0.3, 0.4) is 0 Å². The van der Waals surface area contributed by atoms with Gasteiger partial charge in [-0.3, -0.25) is 0 Å². The molecule has 1 heterocycles. The van der Waals surface area contributed by atoms with E-state index in [0.717, 1.165) is 5.56 Å². The molecular formula is C13H14O2. The van der Waals surface area contributed by atoms with E-state index in [4.69, 9.17) is 4.74 Å². The van der Waals surface area contributed by atoms with Crippen LogP contribution in [0.15, 0.2) is 18.2 Å². The first-order valence-corrected chi connectivity index (χ1v) is 5.00. The molecule has 0 bridgehead atoms. The van der Waals surface area contributed by atoms with Crippen molar-refractivity contribution in [2.24, 2.45) is 0 Å². The molecule has 0 aliphatic carbocycles. The normalized spacial score (nSPS) is 14.3. The van der Waals surface area contributed by atoms with Crippen molar-refractivity contribution in [1.82, 2.24) is 0 Å².